The van der Waals surface area contributed by atoms with Crippen LogP contribution in [0.5, 0.6) is 0 Å². The molecule has 0 aromatic carbocycles. The lowest BCUT2D eigenvalue weighted by atomic mass is 10.1. The van der Waals surface area contributed by atoms with Gasteiger partial charge in [-0.15, -0.1) is 0 Å². The van der Waals surface area contributed by atoms with Crippen molar-refractivity contribution in [3.8, 4) is 45.6 Å². The van der Waals surface area contributed by atoms with E-state index in [1.807, 2.05) is 69.7 Å². The molecule has 61 heavy (non-hydrogen) atoms. The number of nitrogens with zero attached hydrogens (tertiary/aromatic N) is 10. The summed E-state index contributed by atoms with van der Waals surface area (Å²) in [6.45, 7) is 6.02. The molecule has 0 amide bonds. The van der Waals surface area contributed by atoms with Crippen molar-refractivity contribution in [3.05, 3.63) is 133 Å². The van der Waals surface area contributed by atoms with Crippen LogP contribution >= 0.6 is 0 Å². The quantitative estimate of drug-likeness (QED) is 0.126. The van der Waals surface area contributed by atoms with Crippen molar-refractivity contribution in [1.82, 2.24) is 70.2 Å². The number of pyridine rings is 6. The number of hydrogen-bond acceptors (Lipinski definition) is 10. The van der Waals surface area contributed by atoms with E-state index in [0.29, 0.717) is 22.9 Å². The zero-order chi connectivity index (χ0) is 41.3. The average molecular weight is 801 g/mol. The maximum absolute atomic E-state index is 4.73. The molecule has 0 saturated carbocycles. The molecule has 14 nitrogen and oxygen atoms in total. The topological polar surface area (TPSA) is 192 Å². The van der Waals surface area contributed by atoms with Crippen molar-refractivity contribution in [3.63, 3.8) is 0 Å². The first kappa shape index (κ1) is 37.3. The minimum absolute atomic E-state index is 0.678. The molecule has 14 heteroatoms. The minimum Gasteiger partial charge on any atom is -0.335 e. The predicted molar refractivity (Wildman–Crippen MR) is 240 cm³/mol. The van der Waals surface area contributed by atoms with Gasteiger partial charge in [0.25, 0.3) is 0 Å². The van der Waals surface area contributed by atoms with Crippen molar-refractivity contribution < 1.29 is 0 Å². The lowest BCUT2D eigenvalue weighted by Crippen LogP contribution is -1.87. The third-order valence-corrected chi connectivity index (χ3v) is 10.7. The fourth-order valence-electron chi connectivity index (χ4n) is 7.86. The van der Waals surface area contributed by atoms with Crippen LogP contribution in [-0.2, 0) is 0 Å². The smallest absolute Gasteiger partial charge is 0.178 e. The van der Waals surface area contributed by atoms with Crippen LogP contribution in [0.15, 0.2) is 116 Å². The number of aromatic amines is 4. The molecular formula is C47H40N14. The van der Waals surface area contributed by atoms with E-state index in [9.17, 15) is 0 Å². The number of hydrogen-bond donors (Lipinski definition) is 4. The van der Waals surface area contributed by atoms with Crippen LogP contribution in [0, 0.1) is 6.92 Å². The summed E-state index contributed by atoms with van der Waals surface area (Å²) in [5.41, 5.74) is 16.1. The highest BCUT2D eigenvalue weighted by atomic mass is 15.2. The summed E-state index contributed by atoms with van der Waals surface area (Å²) in [4.78, 5) is 42.7. The molecule has 12 rings (SSSR count). The molecule has 10 aromatic heterocycles. The highest BCUT2D eigenvalue weighted by Gasteiger charge is 2.20. The van der Waals surface area contributed by atoms with Gasteiger partial charge >= 0.3 is 0 Å². The van der Waals surface area contributed by atoms with Gasteiger partial charge in [0.1, 0.15) is 11.4 Å². The normalized spacial score (nSPS) is 13.4. The molecule has 2 aliphatic rings. The third-order valence-electron chi connectivity index (χ3n) is 10.7. The van der Waals surface area contributed by atoms with Crippen molar-refractivity contribution in [1.29, 1.82) is 0 Å². The van der Waals surface area contributed by atoms with Crippen LogP contribution in [0.25, 0.3) is 101 Å². The van der Waals surface area contributed by atoms with Gasteiger partial charge in [0.2, 0.25) is 0 Å². The van der Waals surface area contributed by atoms with Crippen molar-refractivity contribution in [2.24, 2.45) is 0 Å². The predicted octanol–water partition coefficient (Wildman–Crippen LogP) is 10.2. The van der Waals surface area contributed by atoms with E-state index in [4.69, 9.17) is 9.97 Å². The molecule has 0 fully saturated rings. The summed E-state index contributed by atoms with van der Waals surface area (Å²) < 4.78 is 0. The third kappa shape index (κ3) is 7.03. The second kappa shape index (κ2) is 16.0. The molecule has 0 aliphatic heterocycles. The van der Waals surface area contributed by atoms with Gasteiger partial charge in [0.05, 0.1) is 45.8 Å². The molecule has 2 aliphatic carbocycles. The summed E-state index contributed by atoms with van der Waals surface area (Å²) in [6.07, 6.45) is 27.6. The van der Waals surface area contributed by atoms with Crippen LogP contribution in [0.2, 0.25) is 0 Å². The first-order valence-electron chi connectivity index (χ1n) is 20.4. The number of rotatable bonds is 6. The van der Waals surface area contributed by atoms with E-state index in [2.05, 4.69) is 96.7 Å². The molecule has 298 valence electrons. The highest BCUT2D eigenvalue weighted by molar-refractivity contribution is 5.98. The van der Waals surface area contributed by atoms with E-state index in [1.54, 1.807) is 31.0 Å². The van der Waals surface area contributed by atoms with Gasteiger partial charge in [-0.05, 0) is 91.8 Å². The Hall–Kier alpha value is -8.00. The summed E-state index contributed by atoms with van der Waals surface area (Å²) in [7, 11) is 0. The molecule has 10 heterocycles. The monoisotopic (exact) mass is 800 g/mol. The van der Waals surface area contributed by atoms with Crippen LogP contribution in [-0.4, -0.2) is 70.2 Å². The molecule has 4 N–H and O–H groups in total. The zero-order valence-corrected chi connectivity index (χ0v) is 33.8. The molecule has 0 radical (unpaired) electrons. The average Bonchev–Trinajstić information content (AvgIpc) is 4.18. The number of allylic oxidation sites excluding steroid dienone is 6. The van der Waals surface area contributed by atoms with Crippen molar-refractivity contribution in [2.45, 2.75) is 46.5 Å². The first-order chi connectivity index (χ1) is 30.1. The van der Waals surface area contributed by atoms with Crippen molar-refractivity contribution >= 4 is 55.3 Å². The van der Waals surface area contributed by atoms with Gasteiger partial charge in [-0.2, -0.15) is 10.2 Å². The van der Waals surface area contributed by atoms with Crippen LogP contribution < -0.4 is 0 Å². The maximum atomic E-state index is 4.73. The number of H-pyrrole nitrogens is 4. The van der Waals surface area contributed by atoms with Gasteiger partial charge in [-0.1, -0.05) is 38.2 Å². The van der Waals surface area contributed by atoms with E-state index in [-0.39, 0.29) is 0 Å². The largest absolute Gasteiger partial charge is 0.335 e. The summed E-state index contributed by atoms with van der Waals surface area (Å²) in [6, 6.07) is 14.1. The fourth-order valence-corrected chi connectivity index (χ4v) is 7.86. The fraction of sp³-hybridized carbons (Fsp3) is 0.149. The van der Waals surface area contributed by atoms with Crippen molar-refractivity contribution in [2.75, 3.05) is 0 Å². The number of aromatic nitrogens is 14. The zero-order valence-electron chi connectivity index (χ0n) is 33.8. The molecule has 0 bridgehead atoms. The Morgan fingerprint density at radius 2 is 1.25 bits per heavy atom. The summed E-state index contributed by atoms with van der Waals surface area (Å²) in [5, 5.41) is 17.1. The Balaban J connectivity index is 0.000000141. The van der Waals surface area contributed by atoms with Gasteiger partial charge in [0.15, 0.2) is 22.9 Å². The molecule has 0 atom stereocenters. The standard InChI is InChI=1S/C23H17N7.C22H17N7.C2H6/c1-13-8-15(11-24-10-13)18-9-17-19(12-26-18)29-30-21(17)23-27-20-16(14-4-2-3-5-14)6-7-25-22(20)28-23;1-2-4-13(3-1)15-7-10-24-21-19(15)26-22(27-21)20-16-11-17(14-5-8-23-9-6-14)25-12-18(16)28-29-20;1-2/h2,4-12H,3H2,1H3,(H,29,30)(H,25,27,28);3,5-12H,1-2,4H2,(H,28,29)(H,24,26,27);1-2H3. The Morgan fingerprint density at radius 3 is 1.85 bits per heavy atom. The van der Waals surface area contributed by atoms with Gasteiger partial charge < -0.3 is 9.97 Å². The molecule has 0 unspecified atom stereocenters. The Bertz CT molecular complexity index is 3310. The molecule has 0 saturated heterocycles. The minimum atomic E-state index is 0.678. The Morgan fingerprint density at radius 1 is 0.607 bits per heavy atom. The van der Waals surface area contributed by atoms with Gasteiger partial charge in [-0.25, -0.2) is 19.9 Å². The van der Waals surface area contributed by atoms with Crippen LogP contribution in [0.3, 0.4) is 0 Å². The summed E-state index contributed by atoms with van der Waals surface area (Å²) in [5.74, 6) is 1.38. The van der Waals surface area contributed by atoms with E-state index < -0.39 is 0 Å². The van der Waals surface area contributed by atoms with E-state index in [0.717, 1.165) is 97.1 Å². The van der Waals surface area contributed by atoms with Gasteiger partial charge in [0, 0.05) is 70.2 Å². The summed E-state index contributed by atoms with van der Waals surface area (Å²) >= 11 is 0. The van der Waals surface area contributed by atoms with Gasteiger partial charge in [-0.3, -0.25) is 30.1 Å². The first-order valence-corrected chi connectivity index (χ1v) is 20.4. The lowest BCUT2D eigenvalue weighted by molar-refractivity contribution is 0.935. The number of aryl methyl sites for hydroxylation is 1. The molecule has 10 aromatic rings. The Kier molecular flexibility index (Phi) is 9.77. The number of imidazole rings is 2. The van der Waals surface area contributed by atoms with E-state index in [1.165, 1.54) is 23.1 Å². The maximum Gasteiger partial charge on any atom is 0.178 e. The van der Waals surface area contributed by atoms with Crippen LogP contribution in [0.4, 0.5) is 0 Å². The number of fused-ring (bicyclic) bond motifs is 4. The SMILES string of the molecule is C1=C(c2ccnc3nc(-c4n[nH]c5cnc(-c6ccncc6)cc45)[nH]c23)CCC1.CC.Cc1cncc(-c2cc3c(-c4nc5nccc(C6=CCC=C6)c5[nH]4)n[nH]c3cn2)c1. The molecule has 0 spiro atoms. The van der Waals surface area contributed by atoms with E-state index >= 15 is 0 Å². The number of nitrogens with one attached hydrogen (secondary N) is 4. The molecular weight excluding hydrogens is 761 g/mol. The highest BCUT2D eigenvalue weighted by Crippen LogP contribution is 2.35. The lowest BCUT2D eigenvalue weighted by Gasteiger charge is -2.02. The van der Waals surface area contributed by atoms with Crippen LogP contribution in [0.1, 0.15) is 56.2 Å². The Labute approximate surface area is 349 Å². The second-order valence-electron chi connectivity index (χ2n) is 14.6. The second-order valence-corrected chi connectivity index (χ2v) is 14.6.